The average Bonchev–Trinajstić information content (AvgIpc) is 3.02. The molecule has 0 saturated carbocycles. The van der Waals surface area contributed by atoms with Crippen molar-refractivity contribution in [1.29, 1.82) is 0 Å². The van der Waals surface area contributed by atoms with Gasteiger partial charge in [0.15, 0.2) is 5.82 Å². The van der Waals surface area contributed by atoms with Gasteiger partial charge in [-0.25, -0.2) is 22.5 Å². The van der Waals surface area contributed by atoms with E-state index in [1.165, 1.54) is 29.2 Å². The molecule has 0 aliphatic heterocycles. The number of halogens is 1. The maximum absolute atomic E-state index is 13.7. The van der Waals surface area contributed by atoms with E-state index in [0.717, 1.165) is 5.56 Å². The molecule has 0 atom stereocenters. The lowest BCUT2D eigenvalue weighted by Gasteiger charge is -2.08. The van der Waals surface area contributed by atoms with Crippen molar-refractivity contribution >= 4 is 15.7 Å². The zero-order valence-corrected chi connectivity index (χ0v) is 13.0. The summed E-state index contributed by atoms with van der Waals surface area (Å²) in [4.78, 5) is 4.00. The lowest BCUT2D eigenvalue weighted by molar-refractivity contribution is 0.598. The van der Waals surface area contributed by atoms with Gasteiger partial charge in [-0.3, -0.25) is 4.72 Å². The van der Waals surface area contributed by atoms with Crippen LogP contribution in [0.1, 0.15) is 5.56 Å². The molecule has 3 aromatic rings. The number of aryl methyl sites for hydroxylation is 1. The molecule has 1 aromatic carbocycles. The number of rotatable bonds is 4. The molecule has 0 bridgehead atoms. The molecule has 2 aromatic heterocycles. The van der Waals surface area contributed by atoms with Crippen LogP contribution in [0, 0.1) is 12.7 Å². The topological polar surface area (TPSA) is 76.9 Å². The number of nitrogens with one attached hydrogen (secondary N) is 1. The molecule has 0 amide bonds. The minimum atomic E-state index is -3.94. The molecule has 0 spiro atoms. The highest BCUT2D eigenvalue weighted by Crippen LogP contribution is 2.20. The molecule has 0 fully saturated rings. The molecule has 0 unspecified atom stereocenters. The number of benzene rings is 1. The second-order valence-corrected chi connectivity index (χ2v) is 6.58. The average molecular weight is 332 g/mol. The summed E-state index contributed by atoms with van der Waals surface area (Å²) < 4.78 is 42.0. The van der Waals surface area contributed by atoms with Gasteiger partial charge in [-0.05, 0) is 36.8 Å². The number of hydrogen-bond acceptors (Lipinski definition) is 4. The van der Waals surface area contributed by atoms with Crippen LogP contribution in [0.4, 0.5) is 10.1 Å². The van der Waals surface area contributed by atoms with E-state index in [1.54, 1.807) is 37.4 Å². The Bertz CT molecular complexity index is 939. The molecule has 0 saturated heterocycles. The molecule has 118 valence electrons. The van der Waals surface area contributed by atoms with Crippen LogP contribution in [0.3, 0.4) is 0 Å². The van der Waals surface area contributed by atoms with Crippen LogP contribution >= 0.6 is 0 Å². The number of anilines is 1. The third-order valence-electron chi connectivity index (χ3n) is 3.12. The fraction of sp³-hybridized carbons (Fsp3) is 0.0667. The molecule has 3 rings (SSSR count). The molecular formula is C15H13FN4O2S. The highest BCUT2D eigenvalue weighted by molar-refractivity contribution is 7.92. The standard InChI is InChI=1S/C15H13FN4O2S/c1-11-5-6-13(16)14(8-11)19-23(21,22)12-9-18-20(10-12)15-4-2-3-7-17-15/h2-10,19H,1H3. The van der Waals surface area contributed by atoms with Crippen LogP contribution in [-0.2, 0) is 10.0 Å². The van der Waals surface area contributed by atoms with E-state index < -0.39 is 15.8 Å². The zero-order valence-electron chi connectivity index (χ0n) is 12.1. The lowest BCUT2D eigenvalue weighted by atomic mass is 10.2. The van der Waals surface area contributed by atoms with E-state index in [9.17, 15) is 12.8 Å². The molecule has 23 heavy (non-hydrogen) atoms. The Morgan fingerprint density at radius 2 is 2.04 bits per heavy atom. The lowest BCUT2D eigenvalue weighted by Crippen LogP contribution is -2.13. The Morgan fingerprint density at radius 1 is 1.22 bits per heavy atom. The number of nitrogens with zero attached hydrogens (tertiary/aromatic N) is 3. The fourth-order valence-corrected chi connectivity index (χ4v) is 2.97. The first-order valence-electron chi connectivity index (χ1n) is 6.71. The van der Waals surface area contributed by atoms with Crippen LogP contribution in [0.25, 0.3) is 5.82 Å². The third-order valence-corrected chi connectivity index (χ3v) is 4.44. The molecule has 8 heteroatoms. The van der Waals surface area contributed by atoms with Gasteiger partial charge in [0.05, 0.1) is 18.1 Å². The fourth-order valence-electron chi connectivity index (χ4n) is 1.98. The highest BCUT2D eigenvalue weighted by Gasteiger charge is 2.19. The Morgan fingerprint density at radius 3 is 2.78 bits per heavy atom. The predicted octanol–water partition coefficient (Wildman–Crippen LogP) is 2.52. The minimum absolute atomic E-state index is 0.0796. The summed E-state index contributed by atoms with van der Waals surface area (Å²) in [6.07, 6.45) is 4.08. The second-order valence-electron chi connectivity index (χ2n) is 4.90. The van der Waals surface area contributed by atoms with Crippen molar-refractivity contribution < 1.29 is 12.8 Å². The van der Waals surface area contributed by atoms with E-state index >= 15 is 0 Å². The first-order chi connectivity index (χ1) is 11.0. The summed E-state index contributed by atoms with van der Waals surface area (Å²) in [5.74, 6) is -0.160. The SMILES string of the molecule is Cc1ccc(F)c(NS(=O)(=O)c2cnn(-c3ccccn3)c2)c1. The van der Waals surface area contributed by atoms with Gasteiger partial charge in [0.1, 0.15) is 10.7 Å². The first kappa shape index (κ1) is 15.2. The van der Waals surface area contributed by atoms with Crippen LogP contribution in [0.15, 0.2) is 59.9 Å². The summed E-state index contributed by atoms with van der Waals surface area (Å²) >= 11 is 0. The van der Waals surface area contributed by atoms with E-state index in [0.29, 0.717) is 5.82 Å². The summed E-state index contributed by atoms with van der Waals surface area (Å²) in [6, 6.07) is 9.40. The number of aromatic nitrogens is 3. The van der Waals surface area contributed by atoms with Crippen molar-refractivity contribution in [2.75, 3.05) is 4.72 Å². The Balaban J connectivity index is 1.92. The molecule has 6 nitrogen and oxygen atoms in total. The van der Waals surface area contributed by atoms with Crippen LogP contribution < -0.4 is 4.72 Å². The summed E-state index contributed by atoms with van der Waals surface area (Å²) in [7, 11) is -3.94. The van der Waals surface area contributed by atoms with Crippen LogP contribution in [0.5, 0.6) is 0 Å². The summed E-state index contributed by atoms with van der Waals surface area (Å²) in [5.41, 5.74) is 0.642. The van der Waals surface area contributed by atoms with Crippen molar-refractivity contribution in [1.82, 2.24) is 14.8 Å². The largest absolute Gasteiger partial charge is 0.277 e. The predicted molar refractivity (Wildman–Crippen MR) is 83.3 cm³/mol. The maximum atomic E-state index is 13.7. The smallest absolute Gasteiger partial charge is 0.265 e. The van der Waals surface area contributed by atoms with Crippen molar-refractivity contribution in [3.8, 4) is 5.82 Å². The van der Waals surface area contributed by atoms with Gasteiger partial charge in [0.2, 0.25) is 0 Å². The van der Waals surface area contributed by atoms with Gasteiger partial charge < -0.3 is 0 Å². The van der Waals surface area contributed by atoms with Crippen LogP contribution in [-0.4, -0.2) is 23.2 Å². The molecule has 0 aliphatic carbocycles. The normalized spacial score (nSPS) is 11.4. The Hall–Kier alpha value is -2.74. The van der Waals surface area contributed by atoms with Gasteiger partial charge in [-0.15, -0.1) is 0 Å². The summed E-state index contributed by atoms with van der Waals surface area (Å²) in [5, 5.41) is 3.98. The molecule has 0 aliphatic rings. The Kier molecular flexibility index (Phi) is 3.83. The van der Waals surface area contributed by atoms with E-state index in [4.69, 9.17) is 0 Å². The zero-order chi connectivity index (χ0) is 16.4. The van der Waals surface area contributed by atoms with Crippen molar-refractivity contribution in [2.45, 2.75) is 11.8 Å². The van der Waals surface area contributed by atoms with Gasteiger partial charge in [0.25, 0.3) is 10.0 Å². The van der Waals surface area contributed by atoms with Crippen molar-refractivity contribution in [2.24, 2.45) is 0 Å². The monoisotopic (exact) mass is 332 g/mol. The van der Waals surface area contributed by atoms with E-state index in [1.807, 2.05) is 0 Å². The molecule has 1 N–H and O–H groups in total. The van der Waals surface area contributed by atoms with Crippen LogP contribution in [0.2, 0.25) is 0 Å². The van der Waals surface area contributed by atoms with Crippen molar-refractivity contribution in [3.05, 3.63) is 66.4 Å². The number of hydrogen-bond donors (Lipinski definition) is 1. The molecule has 2 heterocycles. The maximum Gasteiger partial charge on any atom is 0.265 e. The van der Waals surface area contributed by atoms with E-state index in [-0.39, 0.29) is 10.6 Å². The first-order valence-corrected chi connectivity index (χ1v) is 8.19. The molecular weight excluding hydrogens is 319 g/mol. The third kappa shape index (κ3) is 3.21. The van der Waals surface area contributed by atoms with Gasteiger partial charge in [-0.2, -0.15) is 5.10 Å². The minimum Gasteiger partial charge on any atom is -0.277 e. The summed E-state index contributed by atoms with van der Waals surface area (Å²) in [6.45, 7) is 1.75. The number of sulfonamides is 1. The van der Waals surface area contributed by atoms with Gasteiger partial charge in [-0.1, -0.05) is 12.1 Å². The quantitative estimate of drug-likeness (QED) is 0.796. The van der Waals surface area contributed by atoms with Gasteiger partial charge >= 0.3 is 0 Å². The number of pyridine rings is 1. The highest BCUT2D eigenvalue weighted by atomic mass is 32.2. The Labute approximate surface area is 132 Å². The van der Waals surface area contributed by atoms with Crippen molar-refractivity contribution in [3.63, 3.8) is 0 Å². The van der Waals surface area contributed by atoms with E-state index in [2.05, 4.69) is 14.8 Å². The second kappa shape index (κ2) is 5.81. The van der Waals surface area contributed by atoms with Gasteiger partial charge in [0, 0.05) is 6.20 Å². The molecule has 0 radical (unpaired) electrons.